The summed E-state index contributed by atoms with van der Waals surface area (Å²) in [7, 11) is 2.14. The van der Waals surface area contributed by atoms with Crippen molar-refractivity contribution in [1.29, 1.82) is 0 Å². The summed E-state index contributed by atoms with van der Waals surface area (Å²) in [5.41, 5.74) is 7.95. The van der Waals surface area contributed by atoms with Gasteiger partial charge in [0.15, 0.2) is 0 Å². The summed E-state index contributed by atoms with van der Waals surface area (Å²) in [5.74, 6) is 1.14. The van der Waals surface area contributed by atoms with Crippen molar-refractivity contribution in [3.05, 3.63) is 110 Å². The largest absolute Gasteiger partial charge is 0.372 e. The fourth-order valence-corrected chi connectivity index (χ4v) is 6.48. The number of aliphatic imine (C=N–C) groups is 1. The topological polar surface area (TPSA) is 62.5 Å². The first kappa shape index (κ1) is 32.9. The van der Waals surface area contributed by atoms with Crippen molar-refractivity contribution in [2.24, 2.45) is 4.99 Å². The monoisotopic (exact) mass is 625 g/mol. The third-order valence-electron chi connectivity index (χ3n) is 9.11. The van der Waals surface area contributed by atoms with E-state index >= 15 is 0 Å². The third-order valence-corrected chi connectivity index (χ3v) is 9.36. The van der Waals surface area contributed by atoms with Crippen molar-refractivity contribution in [2.45, 2.75) is 78.2 Å². The number of fused-ring (bicyclic) bond motifs is 1. The summed E-state index contributed by atoms with van der Waals surface area (Å²) in [6, 6.07) is 20.5. The summed E-state index contributed by atoms with van der Waals surface area (Å²) < 4.78 is 1.76. The van der Waals surface area contributed by atoms with Gasteiger partial charge < -0.3 is 10.2 Å². The van der Waals surface area contributed by atoms with Crippen molar-refractivity contribution >= 4 is 28.2 Å². The Labute approximate surface area is 273 Å². The minimum Gasteiger partial charge on any atom is -0.372 e. The standard InChI is InChI=1S/C22H24ClN3O.C16H24N2/c1-25-13-4-5-18(12-14-25)26-22(27)20-7-3-2-6-19(20)21(24-26)15-16-8-10-17(23)11-9-16;1-11-8-13(16(3,4)5)9-12(2)14(11)10-15-17-6-7-18-15/h2-3,6-11,18H,4-5,12-15H2,1H3;8-9H,6-7,10H2,1-5H3,(H,17,18). The first-order valence-corrected chi connectivity index (χ1v) is 16.7. The van der Waals surface area contributed by atoms with Crippen LogP contribution in [0.25, 0.3) is 10.8 Å². The number of rotatable bonds is 5. The zero-order valence-corrected chi connectivity index (χ0v) is 28.5. The number of nitrogens with one attached hydrogen (secondary N) is 1. The van der Waals surface area contributed by atoms with Gasteiger partial charge in [0.1, 0.15) is 5.84 Å². The van der Waals surface area contributed by atoms with E-state index in [-0.39, 0.29) is 17.0 Å². The Hall–Kier alpha value is -3.48. The van der Waals surface area contributed by atoms with Gasteiger partial charge in [-0.25, -0.2) is 4.68 Å². The maximum atomic E-state index is 13.1. The summed E-state index contributed by atoms with van der Waals surface area (Å²) in [6.07, 6.45) is 4.68. The van der Waals surface area contributed by atoms with Crippen LogP contribution in [-0.2, 0) is 18.3 Å². The second kappa shape index (κ2) is 14.3. The van der Waals surface area contributed by atoms with Crippen LogP contribution in [0.2, 0.25) is 5.02 Å². The van der Waals surface area contributed by atoms with Gasteiger partial charge in [0.25, 0.3) is 5.56 Å². The van der Waals surface area contributed by atoms with Crippen LogP contribution in [0.5, 0.6) is 0 Å². The molecule has 2 aliphatic heterocycles. The molecule has 2 aliphatic rings. The highest BCUT2D eigenvalue weighted by molar-refractivity contribution is 6.30. The molecular weight excluding hydrogens is 578 g/mol. The van der Waals surface area contributed by atoms with Crippen LogP contribution in [-0.4, -0.2) is 53.7 Å². The van der Waals surface area contributed by atoms with Crippen molar-refractivity contribution in [2.75, 3.05) is 33.2 Å². The van der Waals surface area contributed by atoms with E-state index in [9.17, 15) is 4.79 Å². The molecule has 0 bridgehead atoms. The number of nitrogens with zero attached hydrogens (tertiary/aromatic N) is 4. The lowest BCUT2D eigenvalue weighted by molar-refractivity contribution is 0.334. The van der Waals surface area contributed by atoms with Crippen LogP contribution in [0.4, 0.5) is 0 Å². The molecule has 6 rings (SSSR count). The number of aryl methyl sites for hydroxylation is 2. The van der Waals surface area contributed by atoms with Gasteiger partial charge >= 0.3 is 0 Å². The number of amidine groups is 1. The van der Waals surface area contributed by atoms with Crippen LogP contribution in [0.15, 0.2) is 70.5 Å². The highest BCUT2D eigenvalue weighted by Crippen LogP contribution is 2.28. The number of benzene rings is 3. The van der Waals surface area contributed by atoms with Crippen LogP contribution in [0, 0.1) is 13.8 Å². The predicted octanol–water partition coefficient (Wildman–Crippen LogP) is 7.44. The third kappa shape index (κ3) is 8.22. The molecule has 0 aliphatic carbocycles. The highest BCUT2D eigenvalue weighted by atomic mass is 35.5. The normalized spacial score (nSPS) is 17.3. The van der Waals surface area contributed by atoms with Crippen LogP contribution >= 0.6 is 11.6 Å². The minimum absolute atomic E-state index is 0.0278. The number of hydrogen-bond acceptors (Lipinski definition) is 5. The van der Waals surface area contributed by atoms with Gasteiger partial charge in [-0.2, -0.15) is 5.10 Å². The Morgan fingerprint density at radius 1 is 0.933 bits per heavy atom. The average molecular weight is 626 g/mol. The minimum atomic E-state index is 0.0278. The van der Waals surface area contributed by atoms with E-state index in [1.807, 2.05) is 48.5 Å². The second-order valence-electron chi connectivity index (χ2n) is 13.7. The molecule has 1 unspecified atom stereocenters. The van der Waals surface area contributed by atoms with Gasteiger partial charge in [-0.1, -0.05) is 74.8 Å². The SMILES string of the molecule is CN1CCCC(n2nc(Cc3ccc(Cl)cc3)c3ccccc3c2=O)CC1.Cc1cc(C(C)(C)C)cc(C)c1CC1=NCCN1. The molecule has 0 saturated carbocycles. The van der Waals surface area contributed by atoms with E-state index < -0.39 is 0 Å². The Balaban J connectivity index is 0.000000194. The highest BCUT2D eigenvalue weighted by Gasteiger charge is 2.21. The molecule has 7 heteroatoms. The van der Waals surface area contributed by atoms with Crippen molar-refractivity contribution in [3.63, 3.8) is 0 Å². The average Bonchev–Trinajstić information content (AvgIpc) is 3.43. The maximum Gasteiger partial charge on any atom is 0.274 e. The van der Waals surface area contributed by atoms with Gasteiger partial charge in [-0.3, -0.25) is 9.79 Å². The smallest absolute Gasteiger partial charge is 0.274 e. The molecule has 45 heavy (non-hydrogen) atoms. The van der Waals surface area contributed by atoms with E-state index in [4.69, 9.17) is 16.7 Å². The van der Waals surface area contributed by atoms with Crippen LogP contribution in [0.3, 0.4) is 0 Å². The number of likely N-dealkylation sites (tertiary alicyclic amines) is 1. The van der Waals surface area contributed by atoms with Gasteiger partial charge in [0.05, 0.1) is 23.7 Å². The lowest BCUT2D eigenvalue weighted by Crippen LogP contribution is -2.29. The zero-order valence-electron chi connectivity index (χ0n) is 27.8. The van der Waals surface area contributed by atoms with Gasteiger partial charge in [-0.15, -0.1) is 0 Å². The molecule has 1 saturated heterocycles. The quantitative estimate of drug-likeness (QED) is 0.250. The van der Waals surface area contributed by atoms with Crippen LogP contribution in [0.1, 0.15) is 79.6 Å². The van der Waals surface area contributed by atoms with Crippen molar-refractivity contribution < 1.29 is 0 Å². The molecule has 1 N–H and O–H groups in total. The summed E-state index contributed by atoms with van der Waals surface area (Å²) in [6.45, 7) is 15.2. The van der Waals surface area contributed by atoms with Crippen molar-refractivity contribution in [3.8, 4) is 0 Å². The predicted molar refractivity (Wildman–Crippen MR) is 189 cm³/mol. The van der Waals surface area contributed by atoms with Crippen LogP contribution < -0.4 is 10.9 Å². The molecule has 1 fully saturated rings. The molecule has 4 aromatic rings. The first-order valence-electron chi connectivity index (χ1n) is 16.3. The Bertz CT molecular complexity index is 1690. The summed E-state index contributed by atoms with van der Waals surface area (Å²) in [5, 5.41) is 10.6. The molecule has 0 amide bonds. The number of hydrogen-bond donors (Lipinski definition) is 1. The Kier molecular flexibility index (Phi) is 10.5. The molecule has 0 spiro atoms. The second-order valence-corrected chi connectivity index (χ2v) is 14.1. The molecule has 238 valence electrons. The number of aromatic nitrogens is 2. The van der Waals surface area contributed by atoms with E-state index in [2.05, 4.69) is 69.0 Å². The Morgan fingerprint density at radius 2 is 1.62 bits per heavy atom. The van der Waals surface area contributed by atoms with E-state index in [0.717, 1.165) is 84.8 Å². The fraction of sp³-hybridized carbons (Fsp3) is 0.447. The molecule has 3 heterocycles. The first-order chi connectivity index (χ1) is 21.5. The fourth-order valence-electron chi connectivity index (χ4n) is 6.35. The van der Waals surface area contributed by atoms with Gasteiger partial charge in [0.2, 0.25) is 0 Å². The molecule has 1 aromatic heterocycles. The zero-order chi connectivity index (χ0) is 32.1. The summed E-state index contributed by atoms with van der Waals surface area (Å²) in [4.78, 5) is 20.0. The van der Waals surface area contributed by atoms with Gasteiger partial charge in [0, 0.05) is 29.8 Å². The van der Waals surface area contributed by atoms with E-state index in [1.54, 1.807) is 4.68 Å². The maximum absolute atomic E-state index is 13.1. The molecular formula is C38H48ClN5O. The van der Waals surface area contributed by atoms with E-state index in [1.165, 1.54) is 22.3 Å². The van der Waals surface area contributed by atoms with E-state index in [0.29, 0.717) is 6.42 Å². The number of halogens is 1. The molecule has 0 radical (unpaired) electrons. The van der Waals surface area contributed by atoms with Crippen molar-refractivity contribution in [1.82, 2.24) is 20.0 Å². The molecule has 6 nitrogen and oxygen atoms in total. The molecule has 1 atom stereocenters. The lowest BCUT2D eigenvalue weighted by atomic mass is 9.83. The molecule has 3 aromatic carbocycles. The lowest BCUT2D eigenvalue weighted by Gasteiger charge is -2.22. The Morgan fingerprint density at radius 3 is 2.27 bits per heavy atom. The summed E-state index contributed by atoms with van der Waals surface area (Å²) >= 11 is 6.02. The van der Waals surface area contributed by atoms with Gasteiger partial charge in [-0.05, 0) is 105 Å².